The van der Waals surface area contributed by atoms with E-state index in [1.807, 2.05) is 18.2 Å². The molecular weight excluding hydrogens is 228 g/mol. The number of ether oxygens (including phenoxy) is 1. The minimum Gasteiger partial charge on any atom is -0.396 e. The van der Waals surface area contributed by atoms with Gasteiger partial charge in [0.1, 0.15) is 0 Å². The van der Waals surface area contributed by atoms with Crippen molar-refractivity contribution < 1.29 is 14.9 Å². The highest BCUT2D eigenvalue weighted by molar-refractivity contribution is 5.13. The monoisotopic (exact) mass is 252 g/mol. The Morgan fingerprint density at radius 1 is 1.11 bits per heavy atom. The summed E-state index contributed by atoms with van der Waals surface area (Å²) in [5.41, 5.74) is 1.19. The second kappa shape index (κ2) is 9.09. The van der Waals surface area contributed by atoms with E-state index in [2.05, 4.69) is 19.1 Å². The van der Waals surface area contributed by atoms with Gasteiger partial charge in [0, 0.05) is 13.2 Å². The summed E-state index contributed by atoms with van der Waals surface area (Å²) in [7, 11) is 0. The third-order valence-corrected chi connectivity index (χ3v) is 2.97. The molecule has 0 aromatic heterocycles. The maximum absolute atomic E-state index is 9.50. The second-order valence-electron chi connectivity index (χ2n) is 4.85. The molecule has 18 heavy (non-hydrogen) atoms. The van der Waals surface area contributed by atoms with Crippen LogP contribution >= 0.6 is 0 Å². The molecule has 3 heteroatoms. The zero-order chi connectivity index (χ0) is 13.2. The number of aliphatic hydroxyl groups is 2. The van der Waals surface area contributed by atoms with Gasteiger partial charge in [0.15, 0.2) is 0 Å². The summed E-state index contributed by atoms with van der Waals surface area (Å²) in [4.78, 5) is 0. The molecule has 2 atom stereocenters. The van der Waals surface area contributed by atoms with Crippen LogP contribution in [0.4, 0.5) is 0 Å². The summed E-state index contributed by atoms with van der Waals surface area (Å²) < 4.78 is 5.64. The minimum atomic E-state index is -0.383. The molecule has 0 heterocycles. The zero-order valence-corrected chi connectivity index (χ0v) is 11.1. The van der Waals surface area contributed by atoms with Crippen molar-refractivity contribution in [2.75, 3.05) is 13.2 Å². The van der Waals surface area contributed by atoms with E-state index in [0.29, 0.717) is 25.6 Å². The van der Waals surface area contributed by atoms with E-state index >= 15 is 0 Å². The zero-order valence-electron chi connectivity index (χ0n) is 11.1. The molecule has 0 aliphatic rings. The molecule has 0 bridgehead atoms. The number of hydrogen-bond acceptors (Lipinski definition) is 3. The molecule has 0 aliphatic carbocycles. The summed E-state index contributed by atoms with van der Waals surface area (Å²) >= 11 is 0. The van der Waals surface area contributed by atoms with Gasteiger partial charge < -0.3 is 14.9 Å². The van der Waals surface area contributed by atoms with Gasteiger partial charge in [-0.25, -0.2) is 0 Å². The van der Waals surface area contributed by atoms with Gasteiger partial charge in [-0.2, -0.15) is 0 Å². The molecule has 0 aliphatic heterocycles. The van der Waals surface area contributed by atoms with Crippen LogP contribution in [-0.4, -0.2) is 29.5 Å². The second-order valence-corrected chi connectivity index (χ2v) is 4.85. The van der Waals surface area contributed by atoms with Gasteiger partial charge in [0.2, 0.25) is 0 Å². The standard InChI is InChI=1S/C15H24O3/c1-13(7-8-15(17)9-10-16)11-18-12-14-5-3-2-4-6-14/h2-6,13,15-17H,7-12H2,1H3/t13-,15+/m0/s1. The van der Waals surface area contributed by atoms with Gasteiger partial charge in [-0.15, -0.1) is 0 Å². The van der Waals surface area contributed by atoms with Crippen molar-refractivity contribution in [1.29, 1.82) is 0 Å². The molecule has 0 unspecified atom stereocenters. The quantitative estimate of drug-likeness (QED) is 0.709. The first-order valence-corrected chi connectivity index (χ1v) is 6.63. The van der Waals surface area contributed by atoms with Crippen molar-refractivity contribution >= 4 is 0 Å². The average Bonchev–Trinajstić information content (AvgIpc) is 2.38. The first-order chi connectivity index (χ1) is 8.72. The molecule has 0 radical (unpaired) electrons. The molecule has 3 nitrogen and oxygen atoms in total. The summed E-state index contributed by atoms with van der Waals surface area (Å²) in [5, 5.41) is 18.2. The van der Waals surface area contributed by atoms with Gasteiger partial charge in [-0.05, 0) is 30.7 Å². The van der Waals surface area contributed by atoms with Gasteiger partial charge in [0.25, 0.3) is 0 Å². The van der Waals surface area contributed by atoms with Crippen LogP contribution in [0.3, 0.4) is 0 Å². The average molecular weight is 252 g/mol. The van der Waals surface area contributed by atoms with E-state index in [1.165, 1.54) is 5.56 Å². The Morgan fingerprint density at radius 2 is 1.83 bits per heavy atom. The third-order valence-electron chi connectivity index (χ3n) is 2.97. The predicted octanol–water partition coefficient (Wildman–Crippen LogP) is 2.36. The van der Waals surface area contributed by atoms with Crippen molar-refractivity contribution in [3.63, 3.8) is 0 Å². The summed E-state index contributed by atoms with van der Waals surface area (Å²) in [6, 6.07) is 10.1. The summed E-state index contributed by atoms with van der Waals surface area (Å²) in [5.74, 6) is 0.432. The Labute approximate surface area is 109 Å². The molecule has 1 rings (SSSR count). The van der Waals surface area contributed by atoms with E-state index in [4.69, 9.17) is 9.84 Å². The molecule has 0 saturated carbocycles. The Balaban J connectivity index is 2.08. The predicted molar refractivity (Wildman–Crippen MR) is 72.2 cm³/mol. The Morgan fingerprint density at radius 3 is 2.50 bits per heavy atom. The fraction of sp³-hybridized carbons (Fsp3) is 0.600. The van der Waals surface area contributed by atoms with Gasteiger partial charge in [0.05, 0.1) is 12.7 Å². The van der Waals surface area contributed by atoms with Crippen molar-refractivity contribution in [1.82, 2.24) is 0 Å². The van der Waals surface area contributed by atoms with E-state index in [9.17, 15) is 5.11 Å². The van der Waals surface area contributed by atoms with E-state index < -0.39 is 0 Å². The fourth-order valence-electron chi connectivity index (χ4n) is 1.81. The van der Waals surface area contributed by atoms with Crippen LogP contribution in [-0.2, 0) is 11.3 Å². The largest absolute Gasteiger partial charge is 0.396 e. The van der Waals surface area contributed by atoms with E-state index in [1.54, 1.807) is 0 Å². The minimum absolute atomic E-state index is 0.0556. The number of rotatable bonds is 9. The molecule has 1 aromatic carbocycles. The van der Waals surface area contributed by atoms with Crippen molar-refractivity contribution in [3.8, 4) is 0 Å². The highest BCUT2D eigenvalue weighted by Crippen LogP contribution is 2.11. The van der Waals surface area contributed by atoms with Gasteiger partial charge in [-0.1, -0.05) is 37.3 Å². The molecule has 0 amide bonds. The SMILES string of the molecule is C[C@@H](CC[C@@H](O)CCO)COCc1ccccc1. The molecule has 102 valence electrons. The Hall–Kier alpha value is -0.900. The molecule has 2 N–H and O–H groups in total. The highest BCUT2D eigenvalue weighted by atomic mass is 16.5. The lowest BCUT2D eigenvalue weighted by molar-refractivity contribution is 0.0759. The molecule has 0 spiro atoms. The highest BCUT2D eigenvalue weighted by Gasteiger charge is 2.07. The van der Waals surface area contributed by atoms with Crippen LogP contribution in [0.2, 0.25) is 0 Å². The Kier molecular flexibility index (Phi) is 7.65. The van der Waals surface area contributed by atoms with Crippen molar-refractivity contribution in [2.45, 2.75) is 38.9 Å². The van der Waals surface area contributed by atoms with Crippen LogP contribution in [0.5, 0.6) is 0 Å². The lowest BCUT2D eigenvalue weighted by atomic mass is 10.0. The van der Waals surface area contributed by atoms with Crippen LogP contribution < -0.4 is 0 Å². The normalized spacial score (nSPS) is 14.4. The van der Waals surface area contributed by atoms with E-state index in [-0.39, 0.29) is 12.7 Å². The van der Waals surface area contributed by atoms with Gasteiger partial charge in [-0.3, -0.25) is 0 Å². The third kappa shape index (κ3) is 6.74. The topological polar surface area (TPSA) is 49.7 Å². The maximum Gasteiger partial charge on any atom is 0.0717 e. The Bertz CT molecular complexity index is 300. The number of aliphatic hydroxyl groups excluding tert-OH is 2. The summed E-state index contributed by atoms with van der Waals surface area (Å²) in [6.07, 6.45) is 1.75. The first-order valence-electron chi connectivity index (χ1n) is 6.63. The smallest absolute Gasteiger partial charge is 0.0717 e. The van der Waals surface area contributed by atoms with Crippen LogP contribution in [0.15, 0.2) is 30.3 Å². The van der Waals surface area contributed by atoms with Crippen LogP contribution in [0, 0.1) is 5.92 Å². The van der Waals surface area contributed by atoms with Crippen LogP contribution in [0.1, 0.15) is 31.7 Å². The van der Waals surface area contributed by atoms with Crippen molar-refractivity contribution in [3.05, 3.63) is 35.9 Å². The van der Waals surface area contributed by atoms with E-state index in [0.717, 1.165) is 12.8 Å². The maximum atomic E-state index is 9.50. The molecular formula is C15H24O3. The lowest BCUT2D eigenvalue weighted by Gasteiger charge is -2.14. The lowest BCUT2D eigenvalue weighted by Crippen LogP contribution is -2.13. The fourth-order valence-corrected chi connectivity index (χ4v) is 1.81. The molecule has 0 saturated heterocycles. The molecule has 1 aromatic rings. The van der Waals surface area contributed by atoms with Crippen LogP contribution in [0.25, 0.3) is 0 Å². The van der Waals surface area contributed by atoms with Gasteiger partial charge >= 0.3 is 0 Å². The number of hydrogen-bond donors (Lipinski definition) is 2. The first kappa shape index (κ1) is 15.2. The number of benzene rings is 1. The molecule has 0 fully saturated rings. The summed E-state index contributed by atoms with van der Waals surface area (Å²) in [6.45, 7) is 3.53. The van der Waals surface area contributed by atoms with Crippen molar-refractivity contribution in [2.24, 2.45) is 5.92 Å².